The number of hydrogen-bond donors (Lipinski definition) is 2. The van der Waals surface area contributed by atoms with Crippen LogP contribution >= 0.6 is 15.9 Å². The van der Waals surface area contributed by atoms with Crippen LogP contribution in [0.5, 0.6) is 5.75 Å². The normalized spacial score (nSPS) is 10.8. The third-order valence-electron chi connectivity index (χ3n) is 1.93. The van der Waals surface area contributed by atoms with E-state index in [0.29, 0.717) is 0 Å². The summed E-state index contributed by atoms with van der Waals surface area (Å²) in [6.45, 7) is 0. The zero-order valence-electron chi connectivity index (χ0n) is 7.95. The predicted octanol–water partition coefficient (Wildman–Crippen LogP) is 2.25. The average Bonchev–Trinajstić information content (AvgIpc) is 2.19. The van der Waals surface area contributed by atoms with Crippen molar-refractivity contribution in [2.24, 2.45) is 0 Å². The molecule has 0 saturated heterocycles. The lowest BCUT2D eigenvalue weighted by Crippen LogP contribution is -2.06. The molecule has 0 spiro atoms. The molecule has 0 amide bonds. The summed E-state index contributed by atoms with van der Waals surface area (Å²) in [7, 11) is 0. The third kappa shape index (κ3) is 2.66. The van der Waals surface area contributed by atoms with E-state index >= 15 is 0 Å². The Balaban J connectivity index is 3.26. The van der Waals surface area contributed by atoms with E-state index in [0.717, 1.165) is 6.20 Å². The highest BCUT2D eigenvalue weighted by atomic mass is 79.9. The Kier molecular flexibility index (Phi) is 4.17. The van der Waals surface area contributed by atoms with Crippen LogP contribution in [0.3, 0.4) is 0 Å². The van der Waals surface area contributed by atoms with Gasteiger partial charge in [0.2, 0.25) is 0 Å². The molecule has 1 heterocycles. The maximum absolute atomic E-state index is 12.6. The number of halogens is 3. The summed E-state index contributed by atoms with van der Waals surface area (Å²) in [5, 5.41) is 18.1. The van der Waals surface area contributed by atoms with Crippen LogP contribution in [0.25, 0.3) is 0 Å². The monoisotopic (exact) mass is 295 g/mol. The minimum Gasteiger partial charge on any atom is -0.506 e. The Morgan fingerprint density at radius 1 is 1.56 bits per heavy atom. The highest BCUT2D eigenvalue weighted by molar-refractivity contribution is 9.08. The van der Waals surface area contributed by atoms with E-state index in [1.54, 1.807) is 0 Å². The third-order valence-corrected chi connectivity index (χ3v) is 2.54. The number of aromatic nitrogens is 1. The van der Waals surface area contributed by atoms with E-state index in [1.807, 2.05) is 0 Å². The van der Waals surface area contributed by atoms with Crippen LogP contribution in [0.4, 0.5) is 8.78 Å². The number of alkyl halides is 3. The fraction of sp³-hybridized carbons (Fsp3) is 0.333. The smallest absolute Gasteiger partial charge is 0.309 e. The molecule has 16 heavy (non-hydrogen) atoms. The van der Waals surface area contributed by atoms with Gasteiger partial charge in [0.1, 0.15) is 5.75 Å². The van der Waals surface area contributed by atoms with Crippen molar-refractivity contribution < 1.29 is 23.8 Å². The van der Waals surface area contributed by atoms with E-state index in [1.165, 1.54) is 0 Å². The number of rotatable bonds is 4. The fourth-order valence-electron chi connectivity index (χ4n) is 1.22. The second-order valence-electron chi connectivity index (χ2n) is 3.00. The van der Waals surface area contributed by atoms with E-state index in [-0.39, 0.29) is 16.6 Å². The zero-order chi connectivity index (χ0) is 12.3. The van der Waals surface area contributed by atoms with E-state index in [9.17, 15) is 18.7 Å². The molecule has 0 bridgehead atoms. The topological polar surface area (TPSA) is 70.4 Å². The van der Waals surface area contributed by atoms with Crippen molar-refractivity contribution in [3.8, 4) is 5.75 Å². The SMILES string of the molecule is O=C(O)Cc1ncc(CBr)c(C(F)F)c1O. The van der Waals surface area contributed by atoms with Crippen LogP contribution in [-0.4, -0.2) is 21.2 Å². The number of aliphatic carboxylic acids is 1. The quantitative estimate of drug-likeness (QED) is 0.836. The maximum atomic E-state index is 12.6. The zero-order valence-corrected chi connectivity index (χ0v) is 9.54. The highest BCUT2D eigenvalue weighted by Gasteiger charge is 2.22. The summed E-state index contributed by atoms with van der Waals surface area (Å²) in [6.07, 6.45) is -2.33. The van der Waals surface area contributed by atoms with Gasteiger partial charge in [0, 0.05) is 11.5 Å². The molecule has 88 valence electrons. The average molecular weight is 296 g/mol. The Hall–Kier alpha value is -1.24. The molecule has 1 aromatic heterocycles. The standard InChI is InChI=1S/C9H8BrF2NO3/c10-2-4-3-13-5(1-6(14)15)8(16)7(4)9(11)12/h3,9,16H,1-2H2,(H,14,15). The largest absolute Gasteiger partial charge is 0.506 e. The minimum atomic E-state index is -2.87. The lowest BCUT2D eigenvalue weighted by Gasteiger charge is -2.11. The van der Waals surface area contributed by atoms with Crippen LogP contribution in [0.2, 0.25) is 0 Å². The predicted molar refractivity (Wildman–Crippen MR) is 54.8 cm³/mol. The van der Waals surface area contributed by atoms with Gasteiger partial charge in [0.25, 0.3) is 6.43 Å². The lowest BCUT2D eigenvalue weighted by molar-refractivity contribution is -0.136. The number of hydrogen-bond acceptors (Lipinski definition) is 3. The molecule has 1 rings (SSSR count). The van der Waals surface area contributed by atoms with Gasteiger partial charge in [0.15, 0.2) is 0 Å². The summed E-state index contributed by atoms with van der Waals surface area (Å²) < 4.78 is 25.3. The van der Waals surface area contributed by atoms with Gasteiger partial charge in [-0.2, -0.15) is 0 Å². The summed E-state index contributed by atoms with van der Waals surface area (Å²) >= 11 is 2.99. The molecule has 0 unspecified atom stereocenters. The van der Waals surface area contributed by atoms with Gasteiger partial charge in [-0.3, -0.25) is 9.78 Å². The molecule has 0 fully saturated rings. The summed E-state index contributed by atoms with van der Waals surface area (Å²) in [4.78, 5) is 14.0. The van der Waals surface area contributed by atoms with Gasteiger partial charge in [-0.25, -0.2) is 8.78 Å². The van der Waals surface area contributed by atoms with Gasteiger partial charge in [-0.1, -0.05) is 15.9 Å². The first kappa shape index (κ1) is 12.8. The first-order valence-electron chi connectivity index (χ1n) is 4.22. The molecule has 0 radical (unpaired) electrons. The summed E-state index contributed by atoms with van der Waals surface area (Å²) in [5.74, 6) is -1.98. The van der Waals surface area contributed by atoms with Crippen LogP contribution in [0.1, 0.15) is 23.2 Å². The van der Waals surface area contributed by atoms with Crippen LogP contribution < -0.4 is 0 Å². The van der Waals surface area contributed by atoms with Crippen molar-refractivity contribution in [3.63, 3.8) is 0 Å². The first-order valence-corrected chi connectivity index (χ1v) is 5.35. The van der Waals surface area contributed by atoms with Crippen LogP contribution in [0, 0.1) is 0 Å². The van der Waals surface area contributed by atoms with Crippen molar-refractivity contribution in [1.82, 2.24) is 4.98 Å². The van der Waals surface area contributed by atoms with Gasteiger partial charge >= 0.3 is 5.97 Å². The number of pyridine rings is 1. The minimum absolute atomic E-state index is 0.112. The summed E-state index contributed by atoms with van der Waals surface area (Å²) in [6, 6.07) is 0. The first-order chi connectivity index (χ1) is 7.47. The Bertz CT molecular complexity index is 412. The van der Waals surface area contributed by atoms with Gasteiger partial charge < -0.3 is 10.2 Å². The molecule has 1 aromatic rings. The number of carbonyl (C=O) groups is 1. The molecular weight excluding hydrogens is 288 g/mol. The summed E-state index contributed by atoms with van der Waals surface area (Å²) in [5.41, 5.74) is -0.683. The highest BCUT2D eigenvalue weighted by Crippen LogP contribution is 2.34. The fourth-order valence-corrected chi connectivity index (χ4v) is 1.66. The molecule has 7 heteroatoms. The number of nitrogens with zero attached hydrogens (tertiary/aromatic N) is 1. The molecular formula is C9H8BrF2NO3. The van der Waals surface area contributed by atoms with Crippen molar-refractivity contribution >= 4 is 21.9 Å². The number of carboxylic acids is 1. The maximum Gasteiger partial charge on any atom is 0.309 e. The molecule has 0 aliphatic carbocycles. The molecule has 0 atom stereocenters. The molecule has 2 N–H and O–H groups in total. The van der Waals surface area contributed by atoms with Crippen molar-refractivity contribution in [2.75, 3.05) is 0 Å². The Morgan fingerprint density at radius 2 is 2.19 bits per heavy atom. The van der Waals surface area contributed by atoms with E-state index < -0.39 is 30.1 Å². The van der Waals surface area contributed by atoms with Crippen LogP contribution in [-0.2, 0) is 16.5 Å². The molecule has 0 saturated carbocycles. The van der Waals surface area contributed by atoms with Crippen molar-refractivity contribution in [2.45, 2.75) is 18.2 Å². The lowest BCUT2D eigenvalue weighted by atomic mass is 10.1. The van der Waals surface area contributed by atoms with Crippen molar-refractivity contribution in [3.05, 3.63) is 23.0 Å². The van der Waals surface area contributed by atoms with Crippen molar-refractivity contribution in [1.29, 1.82) is 0 Å². The van der Waals surface area contributed by atoms with Crippen LogP contribution in [0.15, 0.2) is 6.20 Å². The molecule has 4 nitrogen and oxygen atoms in total. The second kappa shape index (κ2) is 5.20. The Morgan fingerprint density at radius 3 is 2.62 bits per heavy atom. The molecule has 0 aliphatic heterocycles. The second-order valence-corrected chi connectivity index (χ2v) is 3.56. The molecule has 0 aromatic carbocycles. The van der Waals surface area contributed by atoms with Gasteiger partial charge in [-0.15, -0.1) is 0 Å². The number of aromatic hydroxyl groups is 1. The van der Waals surface area contributed by atoms with Gasteiger partial charge in [0.05, 0.1) is 17.7 Å². The van der Waals surface area contributed by atoms with E-state index in [2.05, 4.69) is 20.9 Å². The number of carboxylic acid groups (broad SMARTS) is 1. The Labute approximate surface area is 98.1 Å². The van der Waals surface area contributed by atoms with Gasteiger partial charge in [-0.05, 0) is 5.56 Å². The van der Waals surface area contributed by atoms with E-state index in [4.69, 9.17) is 5.11 Å². The molecule has 0 aliphatic rings.